The molecule has 1 saturated carbocycles. The van der Waals surface area contributed by atoms with E-state index in [2.05, 4.69) is 5.32 Å². The van der Waals surface area contributed by atoms with Gasteiger partial charge in [0.1, 0.15) is 0 Å². The third-order valence-electron chi connectivity index (χ3n) is 3.48. The normalized spacial score (nSPS) is 24.3. The van der Waals surface area contributed by atoms with Crippen molar-refractivity contribution in [3.05, 3.63) is 29.8 Å². The number of alkyl halides is 3. The zero-order valence-corrected chi connectivity index (χ0v) is 10.1. The summed E-state index contributed by atoms with van der Waals surface area (Å²) in [5.74, 6) is -3.71. The van der Waals surface area contributed by atoms with E-state index in [1.165, 1.54) is 12.1 Å². The molecule has 2 unspecified atom stereocenters. The van der Waals surface area contributed by atoms with Crippen LogP contribution in [0.5, 0.6) is 0 Å². The summed E-state index contributed by atoms with van der Waals surface area (Å²) in [5, 5.41) is 2.51. The lowest BCUT2D eigenvalue weighted by molar-refractivity contribution is -0.184. The van der Waals surface area contributed by atoms with Gasteiger partial charge < -0.3 is 5.32 Å². The van der Waals surface area contributed by atoms with Crippen molar-refractivity contribution in [2.45, 2.75) is 37.9 Å². The second-order valence-electron chi connectivity index (χ2n) is 4.78. The molecule has 106 valence electrons. The lowest BCUT2D eigenvalue weighted by atomic mass is 9.84. The Kier molecular flexibility index (Phi) is 3.96. The largest absolute Gasteiger partial charge is 0.393 e. The molecule has 1 N–H and O–H groups in total. The molecule has 19 heavy (non-hydrogen) atoms. The Bertz CT molecular complexity index is 443. The van der Waals surface area contributed by atoms with Gasteiger partial charge in [-0.15, -0.1) is 0 Å². The van der Waals surface area contributed by atoms with Gasteiger partial charge in [0.15, 0.2) is 11.6 Å². The summed E-state index contributed by atoms with van der Waals surface area (Å²) >= 11 is 0. The number of nitrogens with one attached hydrogen (secondary N) is 1. The van der Waals surface area contributed by atoms with E-state index in [-0.39, 0.29) is 12.1 Å². The van der Waals surface area contributed by atoms with Crippen molar-refractivity contribution in [3.63, 3.8) is 0 Å². The van der Waals surface area contributed by atoms with Gasteiger partial charge in [-0.05, 0) is 25.0 Å². The molecule has 1 nitrogen and oxygen atoms in total. The summed E-state index contributed by atoms with van der Waals surface area (Å²) in [6, 6.07) is 2.56. The van der Waals surface area contributed by atoms with Crippen LogP contribution in [-0.4, -0.2) is 12.2 Å². The third kappa shape index (κ3) is 3.16. The van der Waals surface area contributed by atoms with E-state index in [9.17, 15) is 22.0 Å². The second-order valence-corrected chi connectivity index (χ2v) is 4.78. The predicted molar refractivity (Wildman–Crippen MR) is 61.8 cm³/mol. The van der Waals surface area contributed by atoms with E-state index in [1.807, 2.05) is 0 Å². The van der Waals surface area contributed by atoms with Crippen LogP contribution in [0.2, 0.25) is 0 Å². The molecule has 0 aromatic heterocycles. The molecule has 0 heterocycles. The quantitative estimate of drug-likeness (QED) is 0.786. The molecule has 1 fully saturated rings. The molecule has 1 aliphatic carbocycles. The minimum absolute atomic E-state index is 0.0259. The Labute approximate surface area is 107 Å². The highest BCUT2D eigenvalue weighted by Gasteiger charge is 2.45. The zero-order valence-electron chi connectivity index (χ0n) is 10.1. The molecule has 0 aliphatic heterocycles. The highest BCUT2D eigenvalue weighted by molar-refractivity contribution is 5.46. The van der Waals surface area contributed by atoms with Crippen molar-refractivity contribution in [2.75, 3.05) is 5.32 Å². The first kappa shape index (κ1) is 14.1. The van der Waals surface area contributed by atoms with Crippen molar-refractivity contribution >= 4 is 5.69 Å². The molecule has 0 amide bonds. The number of anilines is 1. The SMILES string of the molecule is Fc1cccc(NC2CCCCC2C(F)(F)F)c1F. The number of hydrogen-bond donors (Lipinski definition) is 1. The van der Waals surface area contributed by atoms with E-state index in [0.29, 0.717) is 19.3 Å². The van der Waals surface area contributed by atoms with E-state index in [0.717, 1.165) is 6.07 Å². The maximum Gasteiger partial charge on any atom is 0.393 e. The summed E-state index contributed by atoms with van der Waals surface area (Å²) in [4.78, 5) is 0. The van der Waals surface area contributed by atoms with Crippen molar-refractivity contribution in [1.29, 1.82) is 0 Å². The number of rotatable bonds is 2. The van der Waals surface area contributed by atoms with Gasteiger partial charge in [0.25, 0.3) is 0 Å². The van der Waals surface area contributed by atoms with Crippen molar-refractivity contribution in [1.82, 2.24) is 0 Å². The van der Waals surface area contributed by atoms with Gasteiger partial charge in [0, 0.05) is 6.04 Å². The molecule has 1 aromatic rings. The Hall–Kier alpha value is -1.33. The van der Waals surface area contributed by atoms with E-state index in [4.69, 9.17) is 0 Å². The van der Waals surface area contributed by atoms with Crippen LogP contribution in [0, 0.1) is 17.6 Å². The van der Waals surface area contributed by atoms with Gasteiger partial charge in [-0.1, -0.05) is 18.9 Å². The summed E-state index contributed by atoms with van der Waals surface area (Å²) in [5.41, 5.74) is -0.207. The first-order valence-corrected chi connectivity index (χ1v) is 6.17. The van der Waals surface area contributed by atoms with Crippen LogP contribution >= 0.6 is 0 Å². The summed E-state index contributed by atoms with van der Waals surface area (Å²) in [6.45, 7) is 0. The first-order chi connectivity index (χ1) is 8.89. The summed E-state index contributed by atoms with van der Waals surface area (Å²) in [7, 11) is 0. The van der Waals surface area contributed by atoms with Gasteiger partial charge in [-0.25, -0.2) is 8.78 Å². The van der Waals surface area contributed by atoms with Crippen LogP contribution in [-0.2, 0) is 0 Å². The number of benzene rings is 1. The summed E-state index contributed by atoms with van der Waals surface area (Å²) in [6.07, 6.45) is -2.82. The van der Waals surface area contributed by atoms with Crippen molar-refractivity contribution in [2.24, 2.45) is 5.92 Å². The number of halogens is 5. The fraction of sp³-hybridized carbons (Fsp3) is 0.538. The van der Waals surface area contributed by atoms with Gasteiger partial charge in [-0.3, -0.25) is 0 Å². The number of hydrogen-bond acceptors (Lipinski definition) is 1. The predicted octanol–water partition coefficient (Wildman–Crippen LogP) is 4.50. The summed E-state index contributed by atoms with van der Waals surface area (Å²) < 4.78 is 65.1. The van der Waals surface area contributed by atoms with Gasteiger partial charge in [0.05, 0.1) is 11.6 Å². The Morgan fingerprint density at radius 3 is 2.42 bits per heavy atom. The van der Waals surface area contributed by atoms with Crippen molar-refractivity contribution < 1.29 is 22.0 Å². The topological polar surface area (TPSA) is 12.0 Å². The fourth-order valence-corrected chi connectivity index (χ4v) is 2.51. The van der Waals surface area contributed by atoms with Crippen LogP contribution in [0.15, 0.2) is 18.2 Å². The fourth-order valence-electron chi connectivity index (χ4n) is 2.51. The highest BCUT2D eigenvalue weighted by atomic mass is 19.4. The molecule has 0 saturated heterocycles. The minimum atomic E-state index is -4.32. The minimum Gasteiger partial charge on any atom is -0.379 e. The lowest BCUT2D eigenvalue weighted by Crippen LogP contribution is -2.41. The standard InChI is InChI=1S/C13H14F5N/c14-9-5-3-7-11(12(9)15)19-10-6-2-1-4-8(10)13(16,17)18/h3,5,7-8,10,19H,1-2,4,6H2. The molecule has 6 heteroatoms. The maximum absolute atomic E-state index is 13.5. The molecule has 1 aromatic carbocycles. The zero-order chi connectivity index (χ0) is 14.0. The van der Waals surface area contributed by atoms with Gasteiger partial charge in [-0.2, -0.15) is 13.2 Å². The molecule has 0 spiro atoms. The van der Waals surface area contributed by atoms with E-state index >= 15 is 0 Å². The Morgan fingerprint density at radius 1 is 1.05 bits per heavy atom. The first-order valence-electron chi connectivity index (χ1n) is 6.17. The molecular weight excluding hydrogens is 265 g/mol. The van der Waals surface area contributed by atoms with Gasteiger partial charge >= 0.3 is 6.18 Å². The van der Waals surface area contributed by atoms with E-state index < -0.39 is 29.8 Å². The van der Waals surface area contributed by atoms with Crippen LogP contribution in [0.4, 0.5) is 27.6 Å². The van der Waals surface area contributed by atoms with E-state index in [1.54, 1.807) is 0 Å². The van der Waals surface area contributed by atoms with Crippen LogP contribution < -0.4 is 5.32 Å². The average Bonchev–Trinajstić information content (AvgIpc) is 2.34. The van der Waals surface area contributed by atoms with Crippen molar-refractivity contribution in [3.8, 4) is 0 Å². The van der Waals surface area contributed by atoms with Crippen LogP contribution in [0.1, 0.15) is 25.7 Å². The maximum atomic E-state index is 13.5. The molecule has 1 aliphatic rings. The highest BCUT2D eigenvalue weighted by Crippen LogP contribution is 2.39. The average molecular weight is 279 g/mol. The van der Waals surface area contributed by atoms with Crippen LogP contribution in [0.25, 0.3) is 0 Å². The lowest BCUT2D eigenvalue weighted by Gasteiger charge is -2.34. The molecular formula is C13H14F5N. The molecule has 2 atom stereocenters. The smallest absolute Gasteiger partial charge is 0.379 e. The molecule has 2 rings (SSSR count). The second kappa shape index (κ2) is 5.35. The van der Waals surface area contributed by atoms with Crippen LogP contribution in [0.3, 0.4) is 0 Å². The third-order valence-corrected chi connectivity index (χ3v) is 3.48. The molecule has 0 radical (unpaired) electrons. The Morgan fingerprint density at radius 2 is 1.74 bits per heavy atom. The monoisotopic (exact) mass is 279 g/mol. The van der Waals surface area contributed by atoms with Gasteiger partial charge in [0.2, 0.25) is 0 Å². The Balaban J connectivity index is 2.18. The molecule has 0 bridgehead atoms.